The van der Waals surface area contributed by atoms with Gasteiger partial charge in [-0.3, -0.25) is 149 Å². The fraction of sp³-hybridized carbons (Fsp3) is 0.117. The summed E-state index contributed by atoms with van der Waals surface area (Å²) in [4.78, 5) is 262. The van der Waals surface area contributed by atoms with Gasteiger partial charge in [0.05, 0.1) is 10.5 Å². The molecule has 7 heterocycles. The summed E-state index contributed by atoms with van der Waals surface area (Å²) in [5, 5.41) is 27.9. The topological polar surface area (TPSA) is 524 Å². The summed E-state index contributed by atoms with van der Waals surface area (Å²) in [6.07, 6.45) is 31.9. The van der Waals surface area contributed by atoms with Crippen LogP contribution in [0.25, 0.3) is 42.5 Å². The van der Waals surface area contributed by atoms with Gasteiger partial charge in [-0.2, -0.15) is 0 Å². The zero-order valence-corrected chi connectivity index (χ0v) is 80.8. The average molecular weight is 2030 g/mol. The molecule has 0 saturated carbocycles. The van der Waals surface area contributed by atoms with E-state index in [0.717, 1.165) is 63.0 Å². The molecule has 7 aromatic rings. The number of urea groups is 7. The number of allylic oxidation sites excluding steroid dienone is 14. The highest BCUT2D eigenvalue weighted by Crippen LogP contribution is 2.27. The van der Waals surface area contributed by atoms with Crippen molar-refractivity contribution in [2.45, 2.75) is 13.8 Å². The van der Waals surface area contributed by atoms with Crippen molar-refractivity contribution in [3.63, 3.8) is 0 Å². The second kappa shape index (κ2) is 53.7. The van der Waals surface area contributed by atoms with Crippen LogP contribution < -0.4 is 52.3 Å². The van der Waals surface area contributed by atoms with Gasteiger partial charge in [-0.1, -0.05) is 230 Å². The van der Waals surface area contributed by atoms with E-state index < -0.39 is 130 Å². The maximum Gasteiger partial charge on any atom is 0.333 e. The number of likely N-dealkylation sites (N-methyl/N-ethyl adjacent to an activating group) is 6. The highest BCUT2D eigenvalue weighted by molar-refractivity contribution is 6.36. The first-order valence-corrected chi connectivity index (χ1v) is 44.0. The number of barbiturate groups is 7. The highest BCUT2D eigenvalue weighted by atomic mass is 35.5. The van der Waals surface area contributed by atoms with Crippen LogP contribution in [0, 0.1) is 15.9 Å². The van der Waals surface area contributed by atoms with Crippen molar-refractivity contribution in [2.75, 3.05) is 79.3 Å². The van der Waals surface area contributed by atoms with Crippen molar-refractivity contribution >= 4 is 208 Å². The Morgan fingerprint density at radius 3 is 0.938 bits per heavy atom. The van der Waals surface area contributed by atoms with Crippen molar-refractivity contribution in [2.24, 2.45) is 0 Å². The largest absolute Gasteiger partial charge is 0.377 e. The summed E-state index contributed by atoms with van der Waals surface area (Å²) < 4.78 is 13.0. The predicted octanol–water partition coefficient (Wildman–Crippen LogP) is 11.3. The molecule has 7 aliphatic heterocycles. The Morgan fingerprint density at radius 1 is 0.315 bits per heavy atom. The molecule has 0 atom stereocenters. The van der Waals surface area contributed by atoms with Crippen molar-refractivity contribution < 1.29 is 110 Å². The molecule has 0 aliphatic carbocycles. The molecule has 7 fully saturated rings. The molecule has 146 heavy (non-hydrogen) atoms. The molecule has 0 aromatic heterocycles. The molecule has 0 radical (unpaired) electrons. The summed E-state index contributed by atoms with van der Waals surface area (Å²) in [5.74, 6) is -9.89. The maximum absolute atomic E-state index is 13.0. The van der Waals surface area contributed by atoms with Gasteiger partial charge in [0.2, 0.25) is 0 Å². The Hall–Kier alpha value is -19.3. The van der Waals surface area contributed by atoms with Crippen LogP contribution in [-0.4, -0.2) is 229 Å². The Bertz CT molecular complexity index is 6810. The van der Waals surface area contributed by atoms with E-state index in [1.807, 2.05) is 185 Å². The lowest BCUT2D eigenvalue weighted by atomic mass is 10.1. The van der Waals surface area contributed by atoms with Gasteiger partial charge < -0.3 is 9.80 Å². The van der Waals surface area contributed by atoms with E-state index >= 15 is 0 Å². The van der Waals surface area contributed by atoms with Gasteiger partial charge in [0.15, 0.2) is 0 Å². The normalized spacial score (nSPS) is 16.1. The number of nitro groups is 1. The number of rotatable bonds is 19. The second-order valence-corrected chi connectivity index (χ2v) is 31.5. The van der Waals surface area contributed by atoms with Crippen molar-refractivity contribution in [1.29, 1.82) is 0 Å². The monoisotopic (exact) mass is 2020 g/mol. The Morgan fingerprint density at radius 2 is 0.603 bits per heavy atom. The molecule has 0 unspecified atom stereocenters. The highest BCUT2D eigenvalue weighted by Gasteiger charge is 2.41. The third-order valence-corrected chi connectivity index (χ3v) is 20.9. The third kappa shape index (κ3) is 31.3. The van der Waals surface area contributed by atoms with E-state index in [4.69, 9.17) is 23.2 Å². The number of carbonyl (C=O) groups excluding carboxylic acids is 21. The molecule has 0 spiro atoms. The molecule has 14 rings (SSSR count). The lowest BCUT2D eigenvalue weighted by molar-refractivity contribution is -0.385. The number of hydrogen-bond donors (Lipinski definition) is 8. The Labute approximate surface area is 843 Å². The van der Waals surface area contributed by atoms with E-state index in [9.17, 15) is 115 Å². The molecular weight excluding hydrogens is 1930 g/mol. The fourth-order valence-electron chi connectivity index (χ4n) is 12.9. The van der Waals surface area contributed by atoms with Crippen LogP contribution in [0.1, 0.15) is 52.8 Å². The average Bonchev–Trinajstić information content (AvgIpc) is 0.794. The number of anilines is 2. The van der Waals surface area contributed by atoms with Crippen molar-refractivity contribution in [1.82, 2.24) is 71.9 Å². The third-order valence-electron chi connectivity index (χ3n) is 20.3. The number of halogens is 3. The lowest BCUT2D eigenvalue weighted by Crippen LogP contribution is -2.53. The van der Waals surface area contributed by atoms with Crippen LogP contribution >= 0.6 is 23.2 Å². The molecule has 7 saturated heterocycles. The smallest absolute Gasteiger partial charge is 0.333 e. The maximum atomic E-state index is 13.0. The number of benzene rings is 7. The lowest BCUT2D eigenvalue weighted by Gasteiger charge is -2.28. The van der Waals surface area contributed by atoms with Crippen molar-refractivity contribution in [3.05, 3.63) is 365 Å². The molecule has 28 amide bonds. The number of amides is 28. The van der Waals surface area contributed by atoms with Crippen LogP contribution in [0.15, 0.2) is 300 Å². The zero-order chi connectivity index (χ0) is 107. The quantitative estimate of drug-likeness (QED) is 0.0161. The summed E-state index contributed by atoms with van der Waals surface area (Å²) in [6.45, 7) is 3.78. The van der Waals surface area contributed by atoms with E-state index in [1.165, 1.54) is 125 Å². The summed E-state index contributed by atoms with van der Waals surface area (Å²) in [6, 6.07) is 46.1. The fourth-order valence-corrected chi connectivity index (χ4v) is 13.3. The molecule has 0 bridgehead atoms. The Kier molecular flexibility index (Phi) is 41.2. The minimum Gasteiger partial charge on any atom is -0.377 e. The molecule has 43 heteroatoms. The van der Waals surface area contributed by atoms with Gasteiger partial charge in [0, 0.05) is 97.0 Å². The molecule has 748 valence electrons. The summed E-state index contributed by atoms with van der Waals surface area (Å²) in [7, 11) is 13.0. The number of nitrogens with one attached hydrogen (secondary N) is 8. The van der Waals surface area contributed by atoms with Gasteiger partial charge in [0.1, 0.15) is 44.8 Å². The van der Waals surface area contributed by atoms with Gasteiger partial charge in [-0.25, -0.2) is 38.0 Å². The number of imide groups is 14. The summed E-state index contributed by atoms with van der Waals surface area (Å²) >= 11 is 11.7. The SMILES string of the molecule is CCN1C(=O)NC(=O)/C(=C\C=C\c2ccccc2)C1=O.CCN1C(=O)NC(=O)/C(=C\C=C\c2ccccc2N(C)C)C1=O.CN(C)c1ccccc1/C=C/C=C1C(=O)NC(=O)NC1=O.CN1C(=O)C(=C/C=C/c2cccc(F)c2)C(=O)N(C)C1=O.CN1C(=O)C(=C/C=C/c2ccccc2)C(=O)N(C)C1=O.O=C1NC(=O)C(=C/C=C/c2ccc(Cl)cc2Cl)C(=O)N1.O=C1NC(=O)C(=C/C=C/c2ccccc2[N+](=O)[O-])C(=O)N1. The number of carbonyl (C=O) groups is 21. The van der Waals surface area contributed by atoms with Gasteiger partial charge >= 0.3 is 42.2 Å². The minimum atomic E-state index is -0.884. The predicted molar refractivity (Wildman–Crippen MR) is 539 cm³/mol. The van der Waals surface area contributed by atoms with Crippen LogP contribution in [0.4, 0.5) is 55.0 Å². The Balaban J connectivity index is 0.000000208. The first kappa shape index (κ1) is 112. The zero-order valence-electron chi connectivity index (χ0n) is 79.3. The first-order valence-electron chi connectivity index (χ1n) is 43.3. The van der Waals surface area contributed by atoms with E-state index in [1.54, 1.807) is 105 Å². The van der Waals surface area contributed by atoms with Gasteiger partial charge in [0.25, 0.3) is 88.4 Å². The first-order chi connectivity index (χ1) is 69.5. The molecule has 40 nitrogen and oxygen atoms in total. The van der Waals surface area contributed by atoms with Gasteiger partial charge in [-0.15, -0.1) is 0 Å². The van der Waals surface area contributed by atoms with E-state index in [2.05, 4.69) is 10.6 Å². The second-order valence-electron chi connectivity index (χ2n) is 30.7. The van der Waals surface area contributed by atoms with Crippen molar-refractivity contribution in [3.8, 4) is 0 Å². The van der Waals surface area contributed by atoms with Crippen LogP contribution in [0.5, 0.6) is 0 Å². The molecular formula is C103H92Cl2FN17O23. The molecule has 7 aromatic carbocycles. The van der Waals surface area contributed by atoms with Crippen LogP contribution in [0.3, 0.4) is 0 Å². The minimum absolute atomic E-state index is 0.0261. The van der Waals surface area contributed by atoms with Crippen LogP contribution in [0.2, 0.25) is 10.0 Å². The number of nitro benzene ring substituents is 1. The van der Waals surface area contributed by atoms with Gasteiger partial charge in [-0.05, 0) is 138 Å². The molecule has 8 N–H and O–H groups in total. The standard InChI is InChI=1S/C17H19N3O3.C15H13FN2O3.C15H15N3O3.2C15H14N2O3.C13H8Cl2N2O3.C13H9N3O5/c1-4-20-16(22)13(15(21)18-17(20)23)10-7-9-12-8-5-6-11-14(12)19(2)3;1-17-13(19)12(14(20)18(2)15(17)21)8-4-6-10-5-3-7-11(16)9-10;1-18(2)12-9-4-3-6-10(12)7-5-8-11-13(19)16-15(21)17-14(11)20;1-16-13(18)12(14(19)17(2)15(16)20)10-6-9-11-7-4-3-5-8-11;1-2-17-14(19)12(13(18)16-15(17)20)10-6-9-11-7-4-3-5-8-11;14-8-5-4-7(10(15)6-8)2-1-3-9-11(18)16-13(20)17-12(9)19;17-11-9(12(18)15-13(19)14-11)6-3-5-8-4-1-2-7-10(8)16(20)21/h5-11H,4H2,1-3H3,(H,18,21,23);3-9H,1-2H3;3-9H,1-2H3,(H2,16,17,19,20,21);3-10H,1-2H3;3-10H,2H2,1H3,(H,16,18,20);1-6H,(H2,16,17,18,19,20);1-7H,(H2,14,15,17,18,19)/b9-7+,13-10+;6-4+;7-5+;9-6+;9-6+,12-10+;2-1+;5-3+. The van der Waals surface area contributed by atoms with E-state index in [-0.39, 0.29) is 63.6 Å². The number of nitrogens with zero attached hydrogens (tertiary/aromatic N) is 9. The molecule has 7 aliphatic rings. The van der Waals surface area contributed by atoms with E-state index in [0.29, 0.717) is 26.7 Å². The number of para-hydroxylation sites is 3. The summed E-state index contributed by atoms with van der Waals surface area (Å²) in [5.41, 5.74) is 6.60. The number of hydrogen-bond acceptors (Lipinski definition) is 25. The van der Waals surface area contributed by atoms with Crippen LogP contribution in [-0.2, 0) is 67.1 Å².